The molecule has 1 heterocycles. The number of hydrogen-bond acceptors (Lipinski definition) is 10. The second-order valence-corrected chi connectivity index (χ2v) is 17.7. The number of nitrogens with one attached hydrogen (secondary N) is 2. The Labute approximate surface area is 366 Å². The largest absolute Gasteiger partial charge is 0.467 e. The summed E-state index contributed by atoms with van der Waals surface area (Å²) in [5, 5.41) is 5.74. The molecule has 9 atom stereocenters. The molecule has 0 saturated carbocycles. The number of ether oxygens (including phenoxy) is 3. The normalized spacial score (nSPS) is 17.9. The van der Waals surface area contributed by atoms with Crippen molar-refractivity contribution in [1.29, 1.82) is 0 Å². The highest BCUT2D eigenvalue weighted by atomic mass is 16.6. The van der Waals surface area contributed by atoms with Crippen LogP contribution in [0.3, 0.4) is 0 Å². The molecule has 5 amide bonds. The van der Waals surface area contributed by atoms with Crippen molar-refractivity contribution in [2.75, 3.05) is 34.9 Å². The van der Waals surface area contributed by atoms with E-state index >= 15 is 0 Å². The van der Waals surface area contributed by atoms with Gasteiger partial charge in [0, 0.05) is 46.5 Å². The van der Waals surface area contributed by atoms with E-state index in [0.29, 0.717) is 51.5 Å². The van der Waals surface area contributed by atoms with Crippen LogP contribution in [0.4, 0.5) is 0 Å². The summed E-state index contributed by atoms with van der Waals surface area (Å²) in [4.78, 5) is 100. The summed E-state index contributed by atoms with van der Waals surface area (Å²) in [6.45, 7) is 18.4. The van der Waals surface area contributed by atoms with E-state index in [1.165, 1.54) is 28.9 Å². The lowest BCUT2D eigenvalue weighted by Gasteiger charge is -2.36. The first-order valence-corrected chi connectivity index (χ1v) is 22.3. The Hall–Kier alpha value is -4.19. The molecule has 0 spiro atoms. The molecule has 1 aliphatic heterocycles. The second-order valence-electron chi connectivity index (χ2n) is 17.7. The first kappa shape index (κ1) is 54.8. The monoisotopic (exact) mass is 862 g/mol. The van der Waals surface area contributed by atoms with Gasteiger partial charge in [-0.2, -0.15) is 0 Å². The summed E-state index contributed by atoms with van der Waals surface area (Å²) >= 11 is 0. The lowest BCUT2D eigenvalue weighted by molar-refractivity contribution is -0.172. The highest BCUT2D eigenvalue weighted by molar-refractivity contribution is 5.96. The average molecular weight is 862 g/mol. The van der Waals surface area contributed by atoms with Crippen LogP contribution < -0.4 is 10.6 Å². The van der Waals surface area contributed by atoms with E-state index in [-0.39, 0.29) is 24.3 Å². The van der Waals surface area contributed by atoms with Crippen LogP contribution in [0.2, 0.25) is 0 Å². The topological polar surface area (TPSA) is 181 Å². The SMILES string of the molecule is C#CCCCC(CCCC(=O)N(C)[C@H](C(=O)N[C@H](C(=O)N[C@H](C(=O)N(C)[C@H](C(=O)O[C@H](C(=O)N1CCC[C@H]1C(=O)OC)[C@@H](C)CC)C(C)C)C(C)C)C(C)C)[C@@H](C)CC)OC. The van der Waals surface area contributed by atoms with Crippen LogP contribution in [0.1, 0.15) is 133 Å². The number of carbonyl (C=O) groups excluding carboxylic acids is 7. The highest BCUT2D eigenvalue weighted by Gasteiger charge is 2.44. The van der Waals surface area contributed by atoms with Crippen LogP contribution in [0, 0.1) is 41.9 Å². The maximum atomic E-state index is 14.3. The van der Waals surface area contributed by atoms with Gasteiger partial charge in [0.2, 0.25) is 23.6 Å². The Morgan fingerprint density at radius 2 is 1.34 bits per heavy atom. The molecule has 0 bridgehead atoms. The third kappa shape index (κ3) is 15.9. The zero-order chi connectivity index (χ0) is 46.7. The van der Waals surface area contributed by atoms with Gasteiger partial charge in [-0.05, 0) is 68.6 Å². The van der Waals surface area contributed by atoms with Gasteiger partial charge in [0.1, 0.15) is 30.2 Å². The molecule has 1 saturated heterocycles. The zero-order valence-corrected chi connectivity index (χ0v) is 39.7. The number of unbranched alkanes of at least 4 members (excludes halogenated alkanes) is 1. The van der Waals surface area contributed by atoms with Crippen LogP contribution >= 0.6 is 0 Å². The van der Waals surface area contributed by atoms with Gasteiger partial charge >= 0.3 is 11.9 Å². The molecule has 0 aromatic heterocycles. The van der Waals surface area contributed by atoms with Gasteiger partial charge < -0.3 is 39.5 Å². The summed E-state index contributed by atoms with van der Waals surface area (Å²) in [7, 11) is 5.98. The molecule has 61 heavy (non-hydrogen) atoms. The van der Waals surface area contributed by atoms with Crippen LogP contribution in [0.5, 0.6) is 0 Å². The molecule has 1 rings (SSSR count). The molecule has 2 N–H and O–H groups in total. The lowest BCUT2D eigenvalue weighted by atomic mass is 9.94. The molecular weight excluding hydrogens is 783 g/mol. The minimum atomic E-state index is -1.20. The Morgan fingerprint density at radius 1 is 0.770 bits per heavy atom. The van der Waals surface area contributed by atoms with E-state index in [1.54, 1.807) is 62.6 Å². The van der Waals surface area contributed by atoms with Crippen molar-refractivity contribution >= 4 is 41.5 Å². The number of likely N-dealkylation sites (tertiary alicyclic amines) is 1. The first-order valence-electron chi connectivity index (χ1n) is 22.3. The molecule has 0 aliphatic carbocycles. The maximum absolute atomic E-state index is 14.3. The summed E-state index contributed by atoms with van der Waals surface area (Å²) in [6.07, 6.45) is 10.1. The standard InChI is InChI=1S/C46H79N5O10/c1-16-19-20-23-33(59-14)24-21-26-35(52)49(12)39(31(10)17-2)42(54)47-36(28(4)5)41(53)48-37(29(6)7)43(55)50(13)38(30(8)9)46(58)61-40(32(11)18-3)44(56)51-27-22-25-34(51)45(57)60-15/h1,28-34,36-40H,17-27H2,2-15H3,(H,47,54)(H,48,53)/t31-,32-,33?,34-,36-,37-,38-,39-,40-/m0/s1. The lowest BCUT2D eigenvalue weighted by Crippen LogP contribution is -2.61. The van der Waals surface area contributed by atoms with Crippen LogP contribution in [-0.2, 0) is 47.8 Å². The number of terminal acetylenes is 1. The van der Waals surface area contributed by atoms with Crippen molar-refractivity contribution in [2.24, 2.45) is 29.6 Å². The Bertz CT molecular complexity index is 1490. The Morgan fingerprint density at radius 3 is 1.85 bits per heavy atom. The number of rotatable bonds is 26. The number of hydrogen-bond donors (Lipinski definition) is 2. The Balaban J connectivity index is 3.26. The van der Waals surface area contributed by atoms with Gasteiger partial charge in [-0.25, -0.2) is 9.59 Å². The van der Waals surface area contributed by atoms with Gasteiger partial charge in [0.15, 0.2) is 6.10 Å². The third-order valence-electron chi connectivity index (χ3n) is 12.1. The number of carbonyl (C=O) groups is 7. The smallest absolute Gasteiger partial charge is 0.329 e. The van der Waals surface area contributed by atoms with Crippen molar-refractivity contribution in [2.45, 2.75) is 176 Å². The first-order chi connectivity index (χ1) is 28.6. The quantitative estimate of drug-likeness (QED) is 0.0701. The van der Waals surface area contributed by atoms with E-state index in [4.69, 9.17) is 20.6 Å². The number of methoxy groups -OCH3 is 2. The van der Waals surface area contributed by atoms with Crippen LogP contribution in [0.15, 0.2) is 0 Å². The molecule has 15 heteroatoms. The fourth-order valence-electron chi connectivity index (χ4n) is 7.82. The van der Waals surface area contributed by atoms with E-state index in [0.717, 1.165) is 12.8 Å². The molecule has 348 valence electrons. The summed E-state index contributed by atoms with van der Waals surface area (Å²) in [5.41, 5.74) is 0. The van der Waals surface area contributed by atoms with Crippen molar-refractivity contribution in [1.82, 2.24) is 25.3 Å². The molecule has 0 aromatic carbocycles. The molecular formula is C46H79N5O10. The van der Waals surface area contributed by atoms with E-state index in [1.807, 2.05) is 20.8 Å². The minimum absolute atomic E-state index is 0.0158. The summed E-state index contributed by atoms with van der Waals surface area (Å²) < 4.78 is 16.5. The minimum Gasteiger partial charge on any atom is -0.467 e. The van der Waals surface area contributed by atoms with Crippen LogP contribution in [0.25, 0.3) is 0 Å². The summed E-state index contributed by atoms with van der Waals surface area (Å²) in [5.74, 6) is -2.90. The van der Waals surface area contributed by atoms with Crippen LogP contribution in [-0.4, -0.2) is 133 Å². The maximum Gasteiger partial charge on any atom is 0.329 e. The van der Waals surface area contributed by atoms with Crippen molar-refractivity contribution in [3.05, 3.63) is 0 Å². The van der Waals surface area contributed by atoms with Crippen molar-refractivity contribution in [3.63, 3.8) is 0 Å². The van der Waals surface area contributed by atoms with E-state index in [9.17, 15) is 33.6 Å². The van der Waals surface area contributed by atoms with Crippen molar-refractivity contribution < 1.29 is 47.8 Å². The van der Waals surface area contributed by atoms with Gasteiger partial charge in [-0.15, -0.1) is 12.3 Å². The molecule has 1 aliphatic rings. The molecule has 15 nitrogen and oxygen atoms in total. The molecule has 1 unspecified atom stereocenters. The van der Waals surface area contributed by atoms with Gasteiger partial charge in [-0.3, -0.25) is 24.0 Å². The van der Waals surface area contributed by atoms with Gasteiger partial charge in [0.25, 0.3) is 5.91 Å². The summed E-state index contributed by atoms with van der Waals surface area (Å²) in [6, 6.07) is -4.90. The van der Waals surface area contributed by atoms with Gasteiger partial charge in [-0.1, -0.05) is 75.7 Å². The third-order valence-corrected chi connectivity index (χ3v) is 12.1. The predicted molar refractivity (Wildman–Crippen MR) is 234 cm³/mol. The number of likely N-dealkylation sites (N-methyl/N-ethyl adjacent to an activating group) is 2. The van der Waals surface area contributed by atoms with Gasteiger partial charge in [0.05, 0.1) is 13.2 Å². The fraction of sp³-hybridized carbons (Fsp3) is 0.804. The predicted octanol–water partition coefficient (Wildman–Crippen LogP) is 4.73. The molecule has 1 fully saturated rings. The zero-order valence-electron chi connectivity index (χ0n) is 39.7. The Kier molecular flexibility index (Phi) is 24.3. The molecule has 0 radical (unpaired) electrons. The average Bonchev–Trinajstić information content (AvgIpc) is 3.72. The van der Waals surface area contributed by atoms with E-state index in [2.05, 4.69) is 16.6 Å². The number of amides is 5. The van der Waals surface area contributed by atoms with Crippen molar-refractivity contribution in [3.8, 4) is 12.3 Å². The number of esters is 2. The highest BCUT2D eigenvalue weighted by Crippen LogP contribution is 2.26. The fourth-order valence-corrected chi connectivity index (χ4v) is 7.82. The second kappa shape index (κ2) is 27.0. The molecule has 0 aromatic rings. The number of nitrogens with zero attached hydrogens (tertiary/aromatic N) is 3. The van der Waals surface area contributed by atoms with E-state index < -0.39 is 95.6 Å².